The summed E-state index contributed by atoms with van der Waals surface area (Å²) < 4.78 is 45.8. The van der Waals surface area contributed by atoms with E-state index >= 15 is 0 Å². The van der Waals surface area contributed by atoms with Crippen LogP contribution in [0.5, 0.6) is 11.5 Å². The molecule has 0 bridgehead atoms. The zero-order chi connectivity index (χ0) is 16.3. The van der Waals surface area contributed by atoms with Crippen LogP contribution in [0, 0.1) is 5.92 Å². The van der Waals surface area contributed by atoms with Crippen LogP contribution in [-0.4, -0.2) is 25.1 Å². The fraction of sp³-hybridized carbons (Fsp3) is 0.429. The number of nitrogens with one attached hydrogen (secondary N) is 1. The van der Waals surface area contributed by atoms with Gasteiger partial charge >= 0.3 is 6.36 Å². The number of benzene rings is 1. The van der Waals surface area contributed by atoms with Crippen molar-refractivity contribution in [1.82, 2.24) is 5.43 Å². The van der Waals surface area contributed by atoms with Gasteiger partial charge in [0.05, 0.1) is 12.8 Å². The minimum absolute atomic E-state index is 0.0516. The van der Waals surface area contributed by atoms with Gasteiger partial charge < -0.3 is 9.47 Å². The standard InChI is InChI=1S/C14H15F3N2O3/c1-3-8-7-12(20)18-19-13(8)9-4-5-10(11(6-9)21-2)22-14(15,16)17/h4-6,8H,3,7H2,1-2H3,(H,18,20). The second kappa shape index (κ2) is 6.25. The molecule has 1 N–H and O–H groups in total. The molecule has 0 spiro atoms. The van der Waals surface area contributed by atoms with Crippen molar-refractivity contribution >= 4 is 11.6 Å². The molecule has 1 atom stereocenters. The molecule has 8 heteroatoms. The van der Waals surface area contributed by atoms with Crippen molar-refractivity contribution in [3.8, 4) is 11.5 Å². The first-order valence-corrected chi connectivity index (χ1v) is 6.64. The van der Waals surface area contributed by atoms with Crippen LogP contribution in [0.3, 0.4) is 0 Å². The summed E-state index contributed by atoms with van der Waals surface area (Å²) in [5.41, 5.74) is 3.57. The van der Waals surface area contributed by atoms with Crippen molar-refractivity contribution in [1.29, 1.82) is 0 Å². The maximum absolute atomic E-state index is 12.3. The van der Waals surface area contributed by atoms with Crippen LogP contribution in [0.1, 0.15) is 25.3 Å². The second-order valence-electron chi connectivity index (χ2n) is 4.75. The molecule has 2 rings (SSSR count). The van der Waals surface area contributed by atoms with E-state index < -0.39 is 12.1 Å². The van der Waals surface area contributed by atoms with E-state index in [-0.39, 0.29) is 17.6 Å². The van der Waals surface area contributed by atoms with Gasteiger partial charge in [0.2, 0.25) is 5.91 Å². The number of halogens is 3. The van der Waals surface area contributed by atoms with E-state index in [0.29, 0.717) is 24.1 Å². The molecule has 1 unspecified atom stereocenters. The quantitative estimate of drug-likeness (QED) is 0.929. The summed E-state index contributed by atoms with van der Waals surface area (Å²) in [6.07, 6.45) is -3.81. The number of nitrogens with zero attached hydrogens (tertiary/aromatic N) is 1. The summed E-state index contributed by atoms with van der Waals surface area (Å²) in [6.45, 7) is 1.91. The lowest BCUT2D eigenvalue weighted by Crippen LogP contribution is -2.33. The Morgan fingerprint density at radius 1 is 1.36 bits per heavy atom. The molecule has 120 valence electrons. The first-order valence-electron chi connectivity index (χ1n) is 6.64. The Hall–Kier alpha value is -2.25. The molecule has 1 heterocycles. The van der Waals surface area contributed by atoms with Crippen molar-refractivity contribution in [3.05, 3.63) is 23.8 Å². The normalized spacial score (nSPS) is 18.5. The molecule has 0 radical (unpaired) electrons. The van der Waals surface area contributed by atoms with Crippen molar-refractivity contribution in [2.45, 2.75) is 26.1 Å². The lowest BCUT2D eigenvalue weighted by atomic mass is 9.90. The number of alkyl halides is 3. The second-order valence-corrected chi connectivity index (χ2v) is 4.75. The van der Waals surface area contributed by atoms with Crippen molar-refractivity contribution in [2.75, 3.05) is 7.11 Å². The monoisotopic (exact) mass is 316 g/mol. The fourth-order valence-corrected chi connectivity index (χ4v) is 2.25. The summed E-state index contributed by atoms with van der Waals surface area (Å²) in [5, 5.41) is 4.01. The third kappa shape index (κ3) is 3.69. The molecule has 5 nitrogen and oxygen atoms in total. The number of methoxy groups -OCH3 is 1. The highest BCUT2D eigenvalue weighted by atomic mass is 19.4. The highest BCUT2D eigenvalue weighted by Gasteiger charge is 2.33. The maximum atomic E-state index is 12.3. The van der Waals surface area contributed by atoms with Gasteiger partial charge in [-0.25, -0.2) is 5.43 Å². The Morgan fingerprint density at radius 3 is 2.68 bits per heavy atom. The molecule has 0 aliphatic carbocycles. The van der Waals surface area contributed by atoms with E-state index in [1.807, 2.05) is 6.92 Å². The molecule has 0 saturated carbocycles. The van der Waals surface area contributed by atoms with Gasteiger partial charge in [-0.15, -0.1) is 13.2 Å². The zero-order valence-corrected chi connectivity index (χ0v) is 12.0. The van der Waals surface area contributed by atoms with Gasteiger partial charge in [-0.2, -0.15) is 5.10 Å². The number of hydrogen-bond acceptors (Lipinski definition) is 4. The minimum Gasteiger partial charge on any atom is -0.493 e. The van der Waals surface area contributed by atoms with Crippen LogP contribution in [0.25, 0.3) is 0 Å². The van der Waals surface area contributed by atoms with Crippen molar-refractivity contribution in [2.24, 2.45) is 11.0 Å². The summed E-state index contributed by atoms with van der Waals surface area (Å²) in [5.74, 6) is -0.746. The van der Waals surface area contributed by atoms with Gasteiger partial charge in [0.1, 0.15) is 0 Å². The van der Waals surface area contributed by atoms with E-state index in [2.05, 4.69) is 15.3 Å². The Balaban J connectivity index is 2.35. The lowest BCUT2D eigenvalue weighted by molar-refractivity contribution is -0.275. The highest BCUT2D eigenvalue weighted by molar-refractivity contribution is 6.06. The van der Waals surface area contributed by atoms with Gasteiger partial charge in [-0.05, 0) is 24.6 Å². The Labute approximate surface area is 125 Å². The van der Waals surface area contributed by atoms with Gasteiger partial charge in [-0.3, -0.25) is 4.79 Å². The first-order chi connectivity index (χ1) is 10.3. The minimum atomic E-state index is -4.79. The predicted molar refractivity (Wildman–Crippen MR) is 72.8 cm³/mol. The fourth-order valence-electron chi connectivity index (χ4n) is 2.25. The molecule has 1 aromatic rings. The van der Waals surface area contributed by atoms with Crippen molar-refractivity contribution < 1.29 is 27.4 Å². The van der Waals surface area contributed by atoms with Crippen LogP contribution in [0.4, 0.5) is 13.2 Å². The smallest absolute Gasteiger partial charge is 0.493 e. The van der Waals surface area contributed by atoms with Gasteiger partial charge in [0.25, 0.3) is 0 Å². The predicted octanol–water partition coefficient (Wildman–Crippen LogP) is 2.84. The summed E-state index contributed by atoms with van der Waals surface area (Å²) in [7, 11) is 1.25. The van der Waals surface area contributed by atoms with Crippen LogP contribution in [0.15, 0.2) is 23.3 Å². The number of rotatable bonds is 4. The maximum Gasteiger partial charge on any atom is 0.573 e. The molecule has 1 amide bonds. The van der Waals surface area contributed by atoms with Crippen LogP contribution in [0.2, 0.25) is 0 Å². The number of carbonyl (C=O) groups is 1. The highest BCUT2D eigenvalue weighted by Crippen LogP contribution is 2.34. The molecule has 0 saturated heterocycles. The molecular formula is C14H15F3N2O3. The van der Waals surface area contributed by atoms with Crippen molar-refractivity contribution in [3.63, 3.8) is 0 Å². The van der Waals surface area contributed by atoms with Crippen LogP contribution < -0.4 is 14.9 Å². The molecule has 0 aromatic heterocycles. The third-order valence-electron chi connectivity index (χ3n) is 3.30. The van der Waals surface area contributed by atoms with E-state index in [4.69, 9.17) is 4.74 Å². The average molecular weight is 316 g/mol. The number of hydrogen-bond donors (Lipinski definition) is 1. The van der Waals surface area contributed by atoms with Crippen LogP contribution in [-0.2, 0) is 4.79 Å². The number of hydrazone groups is 1. The number of carbonyl (C=O) groups excluding carboxylic acids is 1. The molecule has 1 aromatic carbocycles. The number of amides is 1. The topological polar surface area (TPSA) is 59.9 Å². The SMILES string of the molecule is CCC1CC(=O)NN=C1c1ccc(OC(F)(F)F)c(OC)c1. The average Bonchev–Trinajstić information content (AvgIpc) is 2.46. The van der Waals surface area contributed by atoms with E-state index in [0.717, 1.165) is 0 Å². The molecule has 0 fully saturated rings. The molecule has 1 aliphatic heterocycles. The van der Waals surface area contributed by atoms with E-state index in [9.17, 15) is 18.0 Å². The summed E-state index contributed by atoms with van der Waals surface area (Å²) in [6, 6.07) is 4.05. The summed E-state index contributed by atoms with van der Waals surface area (Å²) >= 11 is 0. The van der Waals surface area contributed by atoms with Gasteiger partial charge in [-0.1, -0.05) is 6.92 Å². The van der Waals surface area contributed by atoms with Gasteiger partial charge in [0, 0.05) is 17.9 Å². The first kappa shape index (κ1) is 16.1. The lowest BCUT2D eigenvalue weighted by Gasteiger charge is -2.22. The molecular weight excluding hydrogens is 301 g/mol. The van der Waals surface area contributed by atoms with Crippen LogP contribution >= 0.6 is 0 Å². The third-order valence-corrected chi connectivity index (χ3v) is 3.30. The molecule has 22 heavy (non-hydrogen) atoms. The van der Waals surface area contributed by atoms with E-state index in [1.54, 1.807) is 0 Å². The number of ether oxygens (including phenoxy) is 2. The Kier molecular flexibility index (Phi) is 4.58. The largest absolute Gasteiger partial charge is 0.573 e. The zero-order valence-electron chi connectivity index (χ0n) is 12.0. The summed E-state index contributed by atoms with van der Waals surface area (Å²) in [4.78, 5) is 11.4. The molecule has 1 aliphatic rings. The Bertz CT molecular complexity index is 599. The Morgan fingerprint density at radius 2 is 2.09 bits per heavy atom. The van der Waals surface area contributed by atoms with Gasteiger partial charge in [0.15, 0.2) is 11.5 Å². The van der Waals surface area contributed by atoms with E-state index in [1.165, 1.54) is 25.3 Å².